The second-order valence-corrected chi connectivity index (χ2v) is 7.02. The van der Waals surface area contributed by atoms with E-state index in [0.29, 0.717) is 27.6 Å². The maximum absolute atomic E-state index is 12.2. The van der Waals surface area contributed by atoms with Crippen molar-refractivity contribution in [2.24, 2.45) is 11.8 Å². The molecule has 1 aliphatic heterocycles. The molecule has 0 aromatic heterocycles. The maximum Gasteiger partial charge on any atom is 0.338 e. The smallest absolute Gasteiger partial charge is 0.338 e. The molecule has 1 fully saturated rings. The third-order valence-corrected chi connectivity index (χ3v) is 4.56. The number of carbonyl (C=O) groups is 2. The number of methoxy groups -OCH3 is 1. The van der Waals surface area contributed by atoms with Crippen LogP contribution in [-0.2, 0) is 9.53 Å². The monoisotopic (exact) mass is 383 g/mol. The molecule has 2 atom stereocenters. The SMILES string of the molecule is COc1ccc(C(=O)OCC(=O)N2C[C@H](C)C[C@@H](C)C2)cc1Br. The minimum atomic E-state index is -0.514. The van der Waals surface area contributed by atoms with Gasteiger partial charge in [-0.2, -0.15) is 0 Å². The molecule has 0 unspecified atom stereocenters. The largest absolute Gasteiger partial charge is 0.496 e. The number of halogens is 1. The van der Waals surface area contributed by atoms with Gasteiger partial charge in [0, 0.05) is 13.1 Å². The minimum absolute atomic E-state index is 0.135. The summed E-state index contributed by atoms with van der Waals surface area (Å²) in [5.41, 5.74) is 0.380. The predicted octanol–water partition coefficient (Wildman–Crippen LogP) is 3.12. The van der Waals surface area contributed by atoms with E-state index in [1.165, 1.54) is 0 Å². The number of hydrogen-bond donors (Lipinski definition) is 0. The number of nitrogens with zero attached hydrogens (tertiary/aromatic N) is 1. The average molecular weight is 384 g/mol. The van der Waals surface area contributed by atoms with E-state index in [1.807, 2.05) is 0 Å². The van der Waals surface area contributed by atoms with E-state index in [4.69, 9.17) is 9.47 Å². The number of benzene rings is 1. The normalized spacial score (nSPS) is 21.0. The Morgan fingerprint density at radius 2 is 1.91 bits per heavy atom. The van der Waals surface area contributed by atoms with Gasteiger partial charge in [-0.15, -0.1) is 0 Å². The van der Waals surface area contributed by atoms with E-state index in [0.717, 1.165) is 19.5 Å². The number of piperidine rings is 1. The lowest BCUT2D eigenvalue weighted by molar-refractivity contribution is -0.137. The Hall–Kier alpha value is -1.56. The molecule has 0 N–H and O–H groups in total. The summed E-state index contributed by atoms with van der Waals surface area (Å²) in [5.74, 6) is 0.949. The van der Waals surface area contributed by atoms with Crippen LogP contribution in [-0.4, -0.2) is 43.6 Å². The Morgan fingerprint density at radius 1 is 1.26 bits per heavy atom. The van der Waals surface area contributed by atoms with Crippen molar-refractivity contribution in [1.29, 1.82) is 0 Å². The number of carbonyl (C=O) groups excluding carboxylic acids is 2. The number of ether oxygens (including phenoxy) is 2. The minimum Gasteiger partial charge on any atom is -0.496 e. The molecular weight excluding hydrogens is 362 g/mol. The van der Waals surface area contributed by atoms with Crippen molar-refractivity contribution in [3.63, 3.8) is 0 Å². The van der Waals surface area contributed by atoms with Gasteiger partial charge >= 0.3 is 5.97 Å². The van der Waals surface area contributed by atoms with Crippen LogP contribution in [0.15, 0.2) is 22.7 Å². The van der Waals surface area contributed by atoms with Crippen LogP contribution in [0.25, 0.3) is 0 Å². The number of likely N-dealkylation sites (tertiary alicyclic amines) is 1. The van der Waals surface area contributed by atoms with Crippen LogP contribution in [0.3, 0.4) is 0 Å². The molecular formula is C17H22BrNO4. The van der Waals surface area contributed by atoms with Gasteiger partial charge in [-0.05, 0) is 52.4 Å². The molecule has 2 rings (SSSR count). The fourth-order valence-electron chi connectivity index (χ4n) is 2.96. The van der Waals surface area contributed by atoms with Crippen LogP contribution in [0.2, 0.25) is 0 Å². The molecule has 1 heterocycles. The van der Waals surface area contributed by atoms with Gasteiger partial charge in [0.15, 0.2) is 6.61 Å². The third kappa shape index (κ3) is 4.70. The van der Waals surface area contributed by atoms with Crippen molar-refractivity contribution in [2.75, 3.05) is 26.8 Å². The Morgan fingerprint density at radius 3 is 2.48 bits per heavy atom. The predicted molar refractivity (Wildman–Crippen MR) is 90.5 cm³/mol. The number of rotatable bonds is 4. The zero-order valence-corrected chi connectivity index (χ0v) is 15.3. The lowest BCUT2D eigenvalue weighted by Gasteiger charge is -2.34. The summed E-state index contributed by atoms with van der Waals surface area (Å²) < 4.78 is 10.9. The summed E-state index contributed by atoms with van der Waals surface area (Å²) in [6, 6.07) is 4.91. The van der Waals surface area contributed by atoms with Crippen molar-refractivity contribution in [1.82, 2.24) is 4.90 Å². The first-order valence-corrected chi connectivity index (χ1v) is 8.48. The maximum atomic E-state index is 12.2. The standard InChI is InChI=1S/C17H22BrNO4/c1-11-6-12(2)9-19(8-11)16(20)10-23-17(21)13-4-5-15(22-3)14(18)7-13/h4-5,7,11-12H,6,8-10H2,1-3H3/t11-,12-/m1/s1. The molecule has 1 aliphatic rings. The Bertz CT molecular complexity index is 580. The molecule has 0 aliphatic carbocycles. The topological polar surface area (TPSA) is 55.8 Å². The van der Waals surface area contributed by atoms with Gasteiger partial charge < -0.3 is 14.4 Å². The zero-order chi connectivity index (χ0) is 17.0. The summed E-state index contributed by atoms with van der Waals surface area (Å²) in [6.45, 7) is 5.51. The van der Waals surface area contributed by atoms with Crippen molar-refractivity contribution < 1.29 is 19.1 Å². The summed E-state index contributed by atoms with van der Waals surface area (Å²) in [6.07, 6.45) is 1.13. The lowest BCUT2D eigenvalue weighted by atomic mass is 9.92. The molecule has 1 aromatic rings. The van der Waals surface area contributed by atoms with Gasteiger partial charge in [0.25, 0.3) is 5.91 Å². The lowest BCUT2D eigenvalue weighted by Crippen LogP contribution is -2.44. The quantitative estimate of drug-likeness (QED) is 0.749. The Labute approximate surface area is 145 Å². The molecule has 0 saturated carbocycles. The van der Waals surface area contributed by atoms with Crippen molar-refractivity contribution >= 4 is 27.8 Å². The van der Waals surface area contributed by atoms with Crippen LogP contribution in [0.1, 0.15) is 30.6 Å². The zero-order valence-electron chi connectivity index (χ0n) is 13.7. The molecule has 1 saturated heterocycles. The highest BCUT2D eigenvalue weighted by atomic mass is 79.9. The number of hydrogen-bond acceptors (Lipinski definition) is 4. The molecule has 5 nitrogen and oxygen atoms in total. The van der Waals surface area contributed by atoms with Crippen molar-refractivity contribution in [2.45, 2.75) is 20.3 Å². The van der Waals surface area contributed by atoms with E-state index in [1.54, 1.807) is 30.2 Å². The molecule has 1 amide bonds. The van der Waals surface area contributed by atoms with Gasteiger partial charge in [-0.1, -0.05) is 13.8 Å². The molecule has 0 spiro atoms. The van der Waals surface area contributed by atoms with E-state index in [9.17, 15) is 9.59 Å². The van der Waals surface area contributed by atoms with E-state index in [2.05, 4.69) is 29.8 Å². The van der Waals surface area contributed by atoms with Gasteiger partial charge in [0.2, 0.25) is 0 Å². The molecule has 0 radical (unpaired) electrons. The average Bonchev–Trinajstić information content (AvgIpc) is 2.51. The van der Waals surface area contributed by atoms with E-state index >= 15 is 0 Å². The fourth-order valence-corrected chi connectivity index (χ4v) is 3.50. The Balaban J connectivity index is 1.91. The van der Waals surface area contributed by atoms with Crippen LogP contribution >= 0.6 is 15.9 Å². The molecule has 6 heteroatoms. The molecule has 1 aromatic carbocycles. The van der Waals surface area contributed by atoms with Crippen molar-refractivity contribution in [3.05, 3.63) is 28.2 Å². The van der Waals surface area contributed by atoms with Gasteiger partial charge in [0.1, 0.15) is 5.75 Å². The summed E-state index contributed by atoms with van der Waals surface area (Å²) in [4.78, 5) is 26.1. The van der Waals surface area contributed by atoms with Crippen LogP contribution in [0.5, 0.6) is 5.75 Å². The molecule has 23 heavy (non-hydrogen) atoms. The van der Waals surface area contributed by atoms with Crippen LogP contribution < -0.4 is 4.74 Å². The highest BCUT2D eigenvalue weighted by molar-refractivity contribution is 9.10. The first kappa shape index (κ1) is 17.8. The molecule has 0 bridgehead atoms. The van der Waals surface area contributed by atoms with E-state index in [-0.39, 0.29) is 12.5 Å². The first-order chi connectivity index (χ1) is 10.9. The second kappa shape index (κ2) is 7.81. The molecule has 126 valence electrons. The number of amides is 1. The highest BCUT2D eigenvalue weighted by Crippen LogP contribution is 2.26. The Kier molecular flexibility index (Phi) is 6.04. The summed E-state index contributed by atoms with van der Waals surface area (Å²) in [7, 11) is 1.55. The van der Waals surface area contributed by atoms with Gasteiger partial charge in [0.05, 0.1) is 17.1 Å². The first-order valence-electron chi connectivity index (χ1n) is 7.69. The summed E-state index contributed by atoms with van der Waals surface area (Å²) in [5, 5.41) is 0. The van der Waals surface area contributed by atoms with Crippen LogP contribution in [0.4, 0.5) is 0 Å². The van der Waals surface area contributed by atoms with Crippen LogP contribution in [0, 0.1) is 11.8 Å². The third-order valence-electron chi connectivity index (χ3n) is 3.94. The van der Waals surface area contributed by atoms with Gasteiger partial charge in [-0.3, -0.25) is 4.79 Å². The van der Waals surface area contributed by atoms with Crippen molar-refractivity contribution in [3.8, 4) is 5.75 Å². The highest BCUT2D eigenvalue weighted by Gasteiger charge is 2.26. The fraction of sp³-hybridized carbons (Fsp3) is 0.529. The van der Waals surface area contributed by atoms with Gasteiger partial charge in [-0.25, -0.2) is 4.79 Å². The second-order valence-electron chi connectivity index (χ2n) is 6.17. The van der Waals surface area contributed by atoms with E-state index < -0.39 is 5.97 Å². The number of esters is 1. The summed E-state index contributed by atoms with van der Waals surface area (Å²) >= 11 is 3.32.